The molecule has 1 heterocycles. The van der Waals surface area contributed by atoms with Crippen LogP contribution in [0.2, 0.25) is 0 Å². The van der Waals surface area contributed by atoms with Gasteiger partial charge in [0.05, 0.1) is 0 Å². The summed E-state index contributed by atoms with van der Waals surface area (Å²) in [6.07, 6.45) is 2.28. The van der Waals surface area contributed by atoms with Gasteiger partial charge < -0.3 is 14.6 Å². The lowest BCUT2D eigenvalue weighted by Crippen LogP contribution is -2.07. The highest BCUT2D eigenvalue weighted by atomic mass is 16.5. The molecule has 0 aliphatic carbocycles. The second-order valence-electron chi connectivity index (χ2n) is 7.12. The standard InChI is InChI=1S/C25H24O3/c1-3-10-20-21(26)15-22(27-16-18-11-6-4-7-12-18)25-23(20)17(2)24(28-25)19-13-8-5-9-14-19/h3-9,11-15,17,24,26H,1,10,16H2,2H3/t17-,24-/m0/s1. The molecule has 0 radical (unpaired) electrons. The lowest BCUT2D eigenvalue weighted by molar-refractivity contribution is 0.201. The van der Waals surface area contributed by atoms with Gasteiger partial charge in [-0.3, -0.25) is 0 Å². The van der Waals surface area contributed by atoms with Crippen molar-refractivity contribution in [1.29, 1.82) is 0 Å². The highest BCUT2D eigenvalue weighted by Gasteiger charge is 2.37. The van der Waals surface area contributed by atoms with Crippen molar-refractivity contribution < 1.29 is 14.6 Å². The van der Waals surface area contributed by atoms with E-state index in [0.717, 1.165) is 28.0 Å². The molecule has 1 aliphatic rings. The third-order valence-corrected chi connectivity index (χ3v) is 5.24. The first-order valence-electron chi connectivity index (χ1n) is 9.57. The first-order chi connectivity index (χ1) is 13.7. The molecule has 4 rings (SSSR count). The van der Waals surface area contributed by atoms with Crippen molar-refractivity contribution in [2.45, 2.75) is 32.0 Å². The highest BCUT2D eigenvalue weighted by molar-refractivity contribution is 5.61. The van der Waals surface area contributed by atoms with E-state index < -0.39 is 0 Å². The minimum absolute atomic E-state index is 0.0959. The van der Waals surface area contributed by atoms with Gasteiger partial charge in [-0.05, 0) is 17.5 Å². The van der Waals surface area contributed by atoms with E-state index in [-0.39, 0.29) is 17.8 Å². The summed E-state index contributed by atoms with van der Waals surface area (Å²) in [5, 5.41) is 10.7. The Hall–Kier alpha value is -3.20. The number of rotatable bonds is 6. The fourth-order valence-electron chi connectivity index (χ4n) is 3.87. The largest absolute Gasteiger partial charge is 0.508 e. The van der Waals surface area contributed by atoms with Crippen molar-refractivity contribution in [3.8, 4) is 17.2 Å². The van der Waals surface area contributed by atoms with Gasteiger partial charge in [-0.1, -0.05) is 73.7 Å². The van der Waals surface area contributed by atoms with Gasteiger partial charge in [-0.15, -0.1) is 6.58 Å². The maximum Gasteiger partial charge on any atom is 0.166 e. The van der Waals surface area contributed by atoms with Crippen LogP contribution in [0.15, 0.2) is 79.4 Å². The predicted molar refractivity (Wildman–Crippen MR) is 111 cm³/mol. The molecule has 3 nitrogen and oxygen atoms in total. The number of aromatic hydroxyl groups is 1. The van der Waals surface area contributed by atoms with E-state index in [1.807, 2.05) is 54.6 Å². The Kier molecular flexibility index (Phi) is 5.07. The van der Waals surface area contributed by atoms with Crippen LogP contribution in [0, 0.1) is 0 Å². The summed E-state index contributed by atoms with van der Waals surface area (Å²) in [5.41, 5.74) is 4.06. The monoisotopic (exact) mass is 372 g/mol. The van der Waals surface area contributed by atoms with Crippen molar-refractivity contribution in [3.63, 3.8) is 0 Å². The third-order valence-electron chi connectivity index (χ3n) is 5.24. The minimum atomic E-state index is -0.111. The van der Waals surface area contributed by atoms with Crippen LogP contribution in [-0.4, -0.2) is 5.11 Å². The van der Waals surface area contributed by atoms with Gasteiger partial charge in [0, 0.05) is 23.1 Å². The molecule has 0 unspecified atom stereocenters. The van der Waals surface area contributed by atoms with Crippen molar-refractivity contribution >= 4 is 0 Å². The number of phenols is 1. The van der Waals surface area contributed by atoms with Gasteiger partial charge >= 0.3 is 0 Å². The van der Waals surface area contributed by atoms with Crippen molar-refractivity contribution in [2.75, 3.05) is 0 Å². The Bertz CT molecular complexity index is 964. The van der Waals surface area contributed by atoms with E-state index >= 15 is 0 Å². The lowest BCUT2D eigenvalue weighted by Gasteiger charge is -2.16. The molecule has 3 aromatic carbocycles. The van der Waals surface area contributed by atoms with Crippen LogP contribution < -0.4 is 9.47 Å². The number of fused-ring (bicyclic) bond motifs is 1. The van der Waals surface area contributed by atoms with Crippen LogP contribution in [0.5, 0.6) is 17.2 Å². The zero-order valence-corrected chi connectivity index (χ0v) is 16.0. The highest BCUT2D eigenvalue weighted by Crippen LogP contribution is 2.54. The molecule has 2 atom stereocenters. The smallest absolute Gasteiger partial charge is 0.166 e. The molecule has 0 fully saturated rings. The maximum absolute atomic E-state index is 10.7. The van der Waals surface area contributed by atoms with E-state index in [0.29, 0.717) is 18.8 Å². The minimum Gasteiger partial charge on any atom is -0.508 e. The Morgan fingerprint density at radius 1 is 1.07 bits per heavy atom. The van der Waals surface area contributed by atoms with E-state index in [2.05, 4.69) is 25.6 Å². The summed E-state index contributed by atoms with van der Waals surface area (Å²) in [7, 11) is 0. The number of allylic oxidation sites excluding steroid dienone is 1. The molecule has 3 heteroatoms. The zero-order chi connectivity index (χ0) is 19.5. The topological polar surface area (TPSA) is 38.7 Å². The van der Waals surface area contributed by atoms with E-state index in [4.69, 9.17) is 9.47 Å². The fourth-order valence-corrected chi connectivity index (χ4v) is 3.87. The molecular weight excluding hydrogens is 348 g/mol. The van der Waals surface area contributed by atoms with E-state index in [1.54, 1.807) is 6.07 Å². The quantitative estimate of drug-likeness (QED) is 0.545. The Morgan fingerprint density at radius 2 is 1.75 bits per heavy atom. The van der Waals surface area contributed by atoms with Crippen LogP contribution in [0.25, 0.3) is 0 Å². The summed E-state index contributed by atoms with van der Waals surface area (Å²) >= 11 is 0. The molecule has 0 bridgehead atoms. The molecule has 3 aromatic rings. The predicted octanol–water partition coefficient (Wildman–Crippen LogP) is 5.94. The first-order valence-corrected chi connectivity index (χ1v) is 9.57. The molecule has 142 valence electrons. The molecule has 0 amide bonds. The number of ether oxygens (including phenoxy) is 2. The van der Waals surface area contributed by atoms with Crippen molar-refractivity contribution in [3.05, 3.63) is 102 Å². The van der Waals surface area contributed by atoms with Crippen LogP contribution >= 0.6 is 0 Å². The molecule has 1 aliphatic heterocycles. The summed E-state index contributed by atoms with van der Waals surface area (Å²) in [6.45, 7) is 6.39. The Balaban J connectivity index is 1.72. The van der Waals surface area contributed by atoms with Gasteiger partial charge in [0.25, 0.3) is 0 Å². The van der Waals surface area contributed by atoms with Gasteiger partial charge in [-0.25, -0.2) is 0 Å². The molecule has 28 heavy (non-hydrogen) atoms. The summed E-state index contributed by atoms with van der Waals surface area (Å²) in [4.78, 5) is 0. The van der Waals surface area contributed by atoms with Gasteiger partial charge in [0.1, 0.15) is 18.5 Å². The average molecular weight is 372 g/mol. The van der Waals surface area contributed by atoms with Gasteiger partial charge in [-0.2, -0.15) is 0 Å². The lowest BCUT2D eigenvalue weighted by atomic mass is 9.88. The summed E-state index contributed by atoms with van der Waals surface area (Å²) in [6, 6.07) is 21.8. The van der Waals surface area contributed by atoms with Crippen LogP contribution in [-0.2, 0) is 13.0 Å². The molecule has 0 spiro atoms. The summed E-state index contributed by atoms with van der Waals surface area (Å²) < 4.78 is 12.5. The molecule has 0 saturated heterocycles. The number of phenolic OH excluding ortho intramolecular Hbond substituents is 1. The molecule has 0 saturated carbocycles. The maximum atomic E-state index is 10.7. The number of hydrogen-bond donors (Lipinski definition) is 1. The Labute approximate surface area is 165 Å². The molecule has 0 aromatic heterocycles. The third kappa shape index (κ3) is 3.36. The van der Waals surface area contributed by atoms with Crippen molar-refractivity contribution in [2.24, 2.45) is 0 Å². The molecule has 1 N–H and O–H groups in total. The summed E-state index contributed by atoms with van der Waals surface area (Å²) in [5.74, 6) is 1.63. The zero-order valence-electron chi connectivity index (χ0n) is 16.0. The normalized spacial score (nSPS) is 17.6. The second-order valence-corrected chi connectivity index (χ2v) is 7.12. The average Bonchev–Trinajstić information content (AvgIpc) is 3.08. The first kappa shape index (κ1) is 18.2. The van der Waals surface area contributed by atoms with E-state index in [1.165, 1.54) is 0 Å². The van der Waals surface area contributed by atoms with Gasteiger partial charge in [0.15, 0.2) is 11.5 Å². The number of benzene rings is 3. The fraction of sp³-hybridized carbons (Fsp3) is 0.200. The van der Waals surface area contributed by atoms with Crippen LogP contribution in [0.1, 0.15) is 41.2 Å². The SMILES string of the molecule is C=CCc1c(O)cc(OCc2ccccc2)c2c1[C@H](C)[C@@H](c1ccccc1)O2. The van der Waals surface area contributed by atoms with Crippen LogP contribution in [0.4, 0.5) is 0 Å². The van der Waals surface area contributed by atoms with E-state index in [9.17, 15) is 5.11 Å². The second kappa shape index (κ2) is 7.81. The van der Waals surface area contributed by atoms with Crippen LogP contribution in [0.3, 0.4) is 0 Å². The van der Waals surface area contributed by atoms with Crippen molar-refractivity contribution in [1.82, 2.24) is 0 Å². The Morgan fingerprint density at radius 3 is 2.43 bits per heavy atom. The molecular formula is C25H24O3. The van der Waals surface area contributed by atoms with Gasteiger partial charge in [0.2, 0.25) is 0 Å². The number of hydrogen-bond acceptors (Lipinski definition) is 3.